The fraction of sp³-hybridized carbons (Fsp3) is 0.333. The Hall–Kier alpha value is -1.78. The van der Waals surface area contributed by atoms with Crippen molar-refractivity contribution >= 4 is 11.8 Å². The first-order valence-corrected chi connectivity index (χ1v) is 4.09. The molecule has 1 aromatic rings. The van der Waals surface area contributed by atoms with Crippen LogP contribution in [-0.2, 0) is 11.3 Å². The number of hydrogen-bond acceptors (Lipinski definition) is 4. The minimum atomic E-state index is -0.525. The number of allylic oxidation sites excluding steroid dienone is 1. The lowest BCUT2D eigenvalue weighted by atomic mass is 10.3. The SMILES string of the molecule is C=C(C)Cn1cnc(C(=O)OC)c1N. The second-order valence-electron chi connectivity index (χ2n) is 3.06. The molecule has 1 heterocycles. The monoisotopic (exact) mass is 195 g/mol. The van der Waals surface area contributed by atoms with Crippen LogP contribution < -0.4 is 5.73 Å². The van der Waals surface area contributed by atoms with Gasteiger partial charge >= 0.3 is 5.97 Å². The molecule has 2 N–H and O–H groups in total. The summed E-state index contributed by atoms with van der Waals surface area (Å²) < 4.78 is 6.17. The molecule has 0 atom stereocenters. The third kappa shape index (κ3) is 1.93. The number of nitrogens with zero attached hydrogens (tertiary/aromatic N) is 2. The van der Waals surface area contributed by atoms with Gasteiger partial charge in [0.05, 0.1) is 13.4 Å². The average Bonchev–Trinajstić information content (AvgIpc) is 2.46. The molecule has 0 aliphatic carbocycles. The Morgan fingerprint density at radius 2 is 2.43 bits per heavy atom. The molecule has 5 nitrogen and oxygen atoms in total. The Labute approximate surface area is 82.2 Å². The van der Waals surface area contributed by atoms with Crippen LogP contribution in [0, 0.1) is 0 Å². The van der Waals surface area contributed by atoms with Crippen LogP contribution >= 0.6 is 0 Å². The molecule has 0 aliphatic heterocycles. The van der Waals surface area contributed by atoms with E-state index in [4.69, 9.17) is 5.73 Å². The highest BCUT2D eigenvalue weighted by Gasteiger charge is 2.15. The number of carbonyl (C=O) groups excluding carboxylic acids is 1. The minimum Gasteiger partial charge on any atom is -0.464 e. The molecule has 0 fully saturated rings. The van der Waals surface area contributed by atoms with Crippen molar-refractivity contribution in [1.82, 2.24) is 9.55 Å². The predicted molar refractivity (Wildman–Crippen MR) is 52.8 cm³/mol. The zero-order valence-electron chi connectivity index (χ0n) is 8.28. The number of rotatable bonds is 3. The molecule has 0 spiro atoms. The standard InChI is InChI=1S/C9H13N3O2/c1-6(2)4-12-5-11-7(8(12)10)9(13)14-3/h5H,1,4,10H2,2-3H3. The lowest BCUT2D eigenvalue weighted by Gasteiger charge is -2.03. The van der Waals surface area contributed by atoms with Crippen molar-refractivity contribution in [3.05, 3.63) is 24.2 Å². The van der Waals surface area contributed by atoms with Gasteiger partial charge in [0, 0.05) is 6.54 Å². The molecular formula is C9H13N3O2. The highest BCUT2D eigenvalue weighted by Crippen LogP contribution is 2.12. The molecular weight excluding hydrogens is 182 g/mol. The maximum absolute atomic E-state index is 11.1. The van der Waals surface area contributed by atoms with Gasteiger partial charge in [-0.05, 0) is 6.92 Å². The van der Waals surface area contributed by atoms with Crippen LogP contribution in [0.4, 0.5) is 5.82 Å². The minimum absolute atomic E-state index is 0.147. The summed E-state index contributed by atoms with van der Waals surface area (Å²) in [6, 6.07) is 0. The summed E-state index contributed by atoms with van der Waals surface area (Å²) in [5, 5.41) is 0. The largest absolute Gasteiger partial charge is 0.464 e. The summed E-state index contributed by atoms with van der Waals surface area (Å²) in [5.74, 6) is -0.220. The van der Waals surface area contributed by atoms with E-state index in [1.807, 2.05) is 6.92 Å². The van der Waals surface area contributed by atoms with E-state index in [2.05, 4.69) is 16.3 Å². The summed E-state index contributed by atoms with van der Waals surface area (Å²) in [6.45, 7) is 6.17. The third-order valence-electron chi connectivity index (χ3n) is 1.70. The molecule has 0 aliphatic rings. The van der Waals surface area contributed by atoms with Gasteiger partial charge < -0.3 is 15.0 Å². The highest BCUT2D eigenvalue weighted by atomic mass is 16.5. The zero-order chi connectivity index (χ0) is 10.7. The topological polar surface area (TPSA) is 70.1 Å². The number of methoxy groups -OCH3 is 1. The van der Waals surface area contributed by atoms with Crippen molar-refractivity contribution in [2.24, 2.45) is 0 Å². The summed E-state index contributed by atoms with van der Waals surface area (Å²) in [6.07, 6.45) is 1.50. The van der Waals surface area contributed by atoms with E-state index in [0.717, 1.165) is 5.57 Å². The highest BCUT2D eigenvalue weighted by molar-refractivity contribution is 5.92. The van der Waals surface area contributed by atoms with Crippen LogP contribution in [0.3, 0.4) is 0 Å². The molecule has 5 heteroatoms. The fourth-order valence-corrected chi connectivity index (χ4v) is 1.06. The number of imidazole rings is 1. The molecule has 0 unspecified atom stereocenters. The van der Waals surface area contributed by atoms with Gasteiger partial charge in [0.25, 0.3) is 0 Å². The van der Waals surface area contributed by atoms with Crippen molar-refractivity contribution in [3.8, 4) is 0 Å². The second kappa shape index (κ2) is 3.95. The van der Waals surface area contributed by atoms with E-state index >= 15 is 0 Å². The fourth-order valence-electron chi connectivity index (χ4n) is 1.06. The van der Waals surface area contributed by atoms with Crippen LogP contribution in [0.15, 0.2) is 18.5 Å². The van der Waals surface area contributed by atoms with E-state index in [-0.39, 0.29) is 5.69 Å². The van der Waals surface area contributed by atoms with Gasteiger partial charge in [-0.25, -0.2) is 9.78 Å². The predicted octanol–water partition coefficient (Wildman–Crippen LogP) is 0.828. The Balaban J connectivity index is 2.96. The molecule has 1 rings (SSSR count). The van der Waals surface area contributed by atoms with Crippen LogP contribution in [0.5, 0.6) is 0 Å². The molecule has 0 bridgehead atoms. The number of hydrogen-bond donors (Lipinski definition) is 1. The summed E-state index contributed by atoms with van der Waals surface area (Å²) in [4.78, 5) is 15.0. The quantitative estimate of drug-likeness (QED) is 0.572. The zero-order valence-corrected chi connectivity index (χ0v) is 8.28. The Kier molecular flexibility index (Phi) is 2.91. The van der Waals surface area contributed by atoms with Crippen LogP contribution in [-0.4, -0.2) is 22.6 Å². The van der Waals surface area contributed by atoms with Crippen LogP contribution in [0.1, 0.15) is 17.4 Å². The Bertz CT molecular complexity index is 368. The second-order valence-corrected chi connectivity index (χ2v) is 3.06. The van der Waals surface area contributed by atoms with Crippen LogP contribution in [0.25, 0.3) is 0 Å². The molecule has 0 radical (unpaired) electrons. The number of carbonyl (C=O) groups is 1. The van der Waals surface area contributed by atoms with E-state index in [0.29, 0.717) is 12.4 Å². The third-order valence-corrected chi connectivity index (χ3v) is 1.70. The van der Waals surface area contributed by atoms with Gasteiger partial charge in [0.1, 0.15) is 5.82 Å². The van der Waals surface area contributed by atoms with Crippen molar-refractivity contribution in [2.75, 3.05) is 12.8 Å². The van der Waals surface area contributed by atoms with Gasteiger partial charge in [-0.2, -0.15) is 0 Å². The van der Waals surface area contributed by atoms with Crippen molar-refractivity contribution in [1.29, 1.82) is 0 Å². The average molecular weight is 195 g/mol. The van der Waals surface area contributed by atoms with Gasteiger partial charge in [-0.15, -0.1) is 0 Å². The Morgan fingerprint density at radius 1 is 1.79 bits per heavy atom. The molecule has 0 saturated carbocycles. The normalized spacial score (nSPS) is 9.86. The molecule has 76 valence electrons. The van der Waals surface area contributed by atoms with E-state index in [1.165, 1.54) is 13.4 Å². The molecule has 0 amide bonds. The van der Waals surface area contributed by atoms with E-state index in [9.17, 15) is 4.79 Å². The number of anilines is 1. The van der Waals surface area contributed by atoms with Crippen LogP contribution in [0.2, 0.25) is 0 Å². The molecule has 0 aromatic carbocycles. The summed E-state index contributed by atoms with van der Waals surface area (Å²) in [7, 11) is 1.29. The van der Waals surface area contributed by atoms with Crippen molar-refractivity contribution in [2.45, 2.75) is 13.5 Å². The van der Waals surface area contributed by atoms with E-state index in [1.54, 1.807) is 4.57 Å². The van der Waals surface area contributed by atoms with E-state index < -0.39 is 5.97 Å². The number of esters is 1. The number of nitrogens with two attached hydrogens (primary N) is 1. The molecule has 0 saturated heterocycles. The van der Waals surface area contributed by atoms with Crippen molar-refractivity contribution in [3.63, 3.8) is 0 Å². The molecule has 1 aromatic heterocycles. The summed E-state index contributed by atoms with van der Waals surface area (Å²) in [5.41, 5.74) is 6.77. The maximum Gasteiger partial charge on any atom is 0.360 e. The van der Waals surface area contributed by atoms with Gasteiger partial charge in [0.15, 0.2) is 5.69 Å². The number of aromatic nitrogens is 2. The first-order chi connectivity index (χ1) is 6.56. The van der Waals surface area contributed by atoms with Crippen molar-refractivity contribution < 1.29 is 9.53 Å². The first-order valence-electron chi connectivity index (χ1n) is 4.09. The first kappa shape index (κ1) is 10.3. The lowest BCUT2D eigenvalue weighted by Crippen LogP contribution is -2.08. The van der Waals surface area contributed by atoms with Gasteiger partial charge in [0.2, 0.25) is 0 Å². The number of ether oxygens (including phenoxy) is 1. The van der Waals surface area contributed by atoms with Gasteiger partial charge in [-0.3, -0.25) is 0 Å². The molecule has 14 heavy (non-hydrogen) atoms. The Morgan fingerprint density at radius 3 is 2.93 bits per heavy atom. The number of nitrogen functional groups attached to an aromatic ring is 1. The lowest BCUT2D eigenvalue weighted by molar-refractivity contribution is 0.0596. The van der Waals surface area contributed by atoms with Gasteiger partial charge in [-0.1, -0.05) is 12.2 Å². The summed E-state index contributed by atoms with van der Waals surface area (Å²) >= 11 is 0. The maximum atomic E-state index is 11.1. The smallest absolute Gasteiger partial charge is 0.360 e.